The fourth-order valence-electron chi connectivity index (χ4n) is 1.41. The second kappa shape index (κ2) is 3.09. The molecule has 11 heavy (non-hydrogen) atoms. The highest BCUT2D eigenvalue weighted by atomic mass is 16.4. The summed E-state index contributed by atoms with van der Waals surface area (Å²) in [4.78, 5) is 11.7. The Bertz CT molecular complexity index is 160. The quantitative estimate of drug-likeness (QED) is 0.581. The summed E-state index contributed by atoms with van der Waals surface area (Å²) in [6, 6.07) is 0. The highest BCUT2D eigenvalue weighted by Gasteiger charge is 2.32. The maximum Gasteiger partial charge on any atom is 0.407 e. The first kappa shape index (κ1) is 8.33. The summed E-state index contributed by atoms with van der Waals surface area (Å²) in [5.41, 5.74) is 0. The number of hydrogen-bond acceptors (Lipinski definition) is 2. The van der Waals surface area contributed by atoms with Crippen LogP contribution in [0.2, 0.25) is 0 Å². The summed E-state index contributed by atoms with van der Waals surface area (Å²) >= 11 is 0. The molecular weight excluding hydrogens is 146 g/mol. The molecule has 1 amide bonds. The van der Waals surface area contributed by atoms with Gasteiger partial charge in [0.2, 0.25) is 0 Å². The van der Waals surface area contributed by atoms with E-state index in [1.807, 2.05) is 6.92 Å². The van der Waals surface area contributed by atoms with Crippen molar-refractivity contribution >= 4 is 6.09 Å². The molecule has 4 heteroatoms. The molecule has 0 aliphatic carbocycles. The molecule has 1 saturated heterocycles. The van der Waals surface area contributed by atoms with Gasteiger partial charge in [0.05, 0.1) is 12.6 Å². The lowest BCUT2D eigenvalue weighted by molar-refractivity contribution is 0.130. The van der Waals surface area contributed by atoms with Crippen LogP contribution in [0, 0.1) is 5.92 Å². The van der Waals surface area contributed by atoms with Crippen molar-refractivity contribution in [1.82, 2.24) is 4.90 Å². The minimum absolute atomic E-state index is 0.131. The Balaban J connectivity index is 2.49. The smallest absolute Gasteiger partial charge is 0.407 e. The van der Waals surface area contributed by atoms with E-state index in [9.17, 15) is 9.90 Å². The summed E-state index contributed by atoms with van der Waals surface area (Å²) in [7, 11) is 0. The summed E-state index contributed by atoms with van der Waals surface area (Å²) in [6.45, 7) is 2.71. The lowest BCUT2D eigenvalue weighted by Gasteiger charge is -2.09. The predicted octanol–water partition coefficient (Wildman–Crippen LogP) is 0.367. The number of hydrogen-bond donors (Lipinski definition) is 2. The monoisotopic (exact) mass is 159 g/mol. The molecule has 2 atom stereocenters. The van der Waals surface area contributed by atoms with Gasteiger partial charge in [0.1, 0.15) is 0 Å². The Morgan fingerprint density at radius 1 is 1.64 bits per heavy atom. The maximum atomic E-state index is 10.4. The van der Waals surface area contributed by atoms with Crippen molar-refractivity contribution in [3.05, 3.63) is 0 Å². The summed E-state index contributed by atoms with van der Waals surface area (Å²) in [5, 5.41) is 17.9. The van der Waals surface area contributed by atoms with Crippen LogP contribution in [0.3, 0.4) is 0 Å². The average Bonchev–Trinajstić information content (AvgIpc) is 2.31. The molecule has 1 heterocycles. The normalized spacial score (nSPS) is 30.9. The van der Waals surface area contributed by atoms with E-state index in [1.165, 1.54) is 4.90 Å². The minimum Gasteiger partial charge on any atom is -0.465 e. The second-order valence-electron chi connectivity index (χ2n) is 2.92. The van der Waals surface area contributed by atoms with E-state index in [-0.39, 0.29) is 12.5 Å². The molecule has 0 aromatic heterocycles. The van der Waals surface area contributed by atoms with E-state index in [2.05, 4.69) is 0 Å². The molecule has 1 rings (SSSR count). The Kier molecular flexibility index (Phi) is 2.34. The highest BCUT2D eigenvalue weighted by molar-refractivity contribution is 5.65. The molecule has 0 radical (unpaired) electrons. The minimum atomic E-state index is -0.931. The molecule has 0 bridgehead atoms. The number of likely N-dealkylation sites (tertiary alicyclic amines) is 1. The lowest BCUT2D eigenvalue weighted by Crippen LogP contribution is -2.27. The topological polar surface area (TPSA) is 60.8 Å². The fraction of sp³-hybridized carbons (Fsp3) is 0.857. The van der Waals surface area contributed by atoms with Crippen molar-refractivity contribution in [2.24, 2.45) is 5.92 Å². The van der Waals surface area contributed by atoms with Gasteiger partial charge in [-0.2, -0.15) is 0 Å². The zero-order valence-electron chi connectivity index (χ0n) is 6.53. The molecule has 4 nitrogen and oxygen atoms in total. The van der Waals surface area contributed by atoms with Crippen LogP contribution in [0.15, 0.2) is 0 Å². The molecular formula is C7H13NO3. The summed E-state index contributed by atoms with van der Waals surface area (Å²) in [6.07, 6.45) is -0.554. The van der Waals surface area contributed by atoms with Crippen molar-refractivity contribution in [3.8, 4) is 0 Å². The Hall–Kier alpha value is -0.770. The van der Waals surface area contributed by atoms with E-state index in [4.69, 9.17) is 5.11 Å². The molecule has 0 saturated carbocycles. The van der Waals surface area contributed by atoms with Crippen LogP contribution in [-0.2, 0) is 0 Å². The zero-order chi connectivity index (χ0) is 8.43. The first-order valence-corrected chi connectivity index (χ1v) is 3.81. The van der Waals surface area contributed by atoms with Gasteiger partial charge in [0.25, 0.3) is 0 Å². The van der Waals surface area contributed by atoms with Crippen LogP contribution in [0.25, 0.3) is 0 Å². The van der Waals surface area contributed by atoms with Crippen LogP contribution in [-0.4, -0.2) is 40.4 Å². The van der Waals surface area contributed by atoms with Crippen LogP contribution in [0.4, 0.5) is 4.79 Å². The number of aliphatic hydroxyl groups excluding tert-OH is 1. The molecule has 1 aliphatic heterocycles. The maximum absolute atomic E-state index is 10.4. The van der Waals surface area contributed by atoms with Gasteiger partial charge in [-0.3, -0.25) is 0 Å². The number of rotatable bonds is 1. The van der Waals surface area contributed by atoms with Crippen LogP contribution in [0.1, 0.15) is 13.3 Å². The molecule has 2 unspecified atom stereocenters. The summed E-state index contributed by atoms with van der Waals surface area (Å²) < 4.78 is 0. The zero-order valence-corrected chi connectivity index (χ0v) is 6.53. The Morgan fingerprint density at radius 3 is 2.55 bits per heavy atom. The SMILES string of the molecule is CCC1CN(C(=O)O)CC1O. The van der Waals surface area contributed by atoms with Crippen molar-refractivity contribution in [2.75, 3.05) is 13.1 Å². The predicted molar refractivity (Wildman–Crippen MR) is 39.4 cm³/mol. The molecule has 1 aliphatic rings. The van der Waals surface area contributed by atoms with Gasteiger partial charge in [-0.15, -0.1) is 0 Å². The van der Waals surface area contributed by atoms with E-state index in [0.29, 0.717) is 6.54 Å². The number of carbonyl (C=O) groups is 1. The fourth-order valence-corrected chi connectivity index (χ4v) is 1.41. The van der Waals surface area contributed by atoms with E-state index in [0.717, 1.165) is 6.42 Å². The van der Waals surface area contributed by atoms with Crippen LogP contribution >= 0.6 is 0 Å². The lowest BCUT2D eigenvalue weighted by atomic mass is 10.0. The van der Waals surface area contributed by atoms with Crippen LogP contribution in [0.5, 0.6) is 0 Å². The van der Waals surface area contributed by atoms with Gasteiger partial charge in [-0.1, -0.05) is 6.92 Å². The second-order valence-corrected chi connectivity index (χ2v) is 2.92. The van der Waals surface area contributed by atoms with Gasteiger partial charge < -0.3 is 15.1 Å². The van der Waals surface area contributed by atoms with Crippen molar-refractivity contribution in [2.45, 2.75) is 19.4 Å². The number of β-amino-alcohol motifs (C(OH)–C–C–N with tert-alkyl or cyclic N) is 1. The third-order valence-electron chi connectivity index (χ3n) is 2.20. The molecule has 2 N–H and O–H groups in total. The molecule has 0 spiro atoms. The van der Waals surface area contributed by atoms with Gasteiger partial charge in [-0.05, 0) is 6.42 Å². The van der Waals surface area contributed by atoms with Crippen molar-refractivity contribution in [1.29, 1.82) is 0 Å². The van der Waals surface area contributed by atoms with Gasteiger partial charge in [0.15, 0.2) is 0 Å². The van der Waals surface area contributed by atoms with Crippen molar-refractivity contribution < 1.29 is 15.0 Å². The average molecular weight is 159 g/mol. The highest BCUT2D eigenvalue weighted by Crippen LogP contribution is 2.19. The Labute approximate surface area is 65.4 Å². The molecule has 1 fully saturated rings. The number of amides is 1. The first-order valence-electron chi connectivity index (χ1n) is 3.81. The molecule has 64 valence electrons. The van der Waals surface area contributed by atoms with Crippen molar-refractivity contribution in [3.63, 3.8) is 0 Å². The standard InChI is InChI=1S/C7H13NO3/c1-2-5-3-8(7(10)11)4-6(5)9/h5-6,9H,2-4H2,1H3,(H,10,11). The van der Waals surface area contributed by atoms with E-state index >= 15 is 0 Å². The van der Waals surface area contributed by atoms with Gasteiger partial charge in [-0.25, -0.2) is 4.79 Å². The third-order valence-corrected chi connectivity index (χ3v) is 2.20. The van der Waals surface area contributed by atoms with Gasteiger partial charge >= 0.3 is 6.09 Å². The van der Waals surface area contributed by atoms with Gasteiger partial charge in [0, 0.05) is 12.5 Å². The first-order chi connectivity index (χ1) is 5.15. The van der Waals surface area contributed by atoms with E-state index < -0.39 is 12.2 Å². The third kappa shape index (κ3) is 1.63. The number of aliphatic hydroxyl groups is 1. The molecule has 0 aromatic carbocycles. The number of nitrogens with zero attached hydrogens (tertiary/aromatic N) is 1. The molecule has 0 aromatic rings. The number of carboxylic acid groups (broad SMARTS) is 1. The largest absolute Gasteiger partial charge is 0.465 e. The summed E-state index contributed by atoms with van der Waals surface area (Å²) in [5.74, 6) is 0.131. The Morgan fingerprint density at radius 2 is 2.27 bits per heavy atom. The van der Waals surface area contributed by atoms with E-state index in [1.54, 1.807) is 0 Å². The van der Waals surface area contributed by atoms with Crippen LogP contribution < -0.4 is 0 Å².